The molecule has 0 atom stereocenters. The third kappa shape index (κ3) is 2.69. The molecule has 1 heterocycles. The molecule has 0 aromatic carbocycles. The van der Waals surface area contributed by atoms with E-state index >= 15 is 0 Å². The highest BCUT2D eigenvalue weighted by atomic mass is 16.6. The molecule has 6 nitrogen and oxygen atoms in total. The van der Waals surface area contributed by atoms with Crippen LogP contribution in [-0.2, 0) is 0 Å². The summed E-state index contributed by atoms with van der Waals surface area (Å²) >= 11 is 0. The minimum absolute atomic E-state index is 0.0387. The Morgan fingerprint density at radius 1 is 1.56 bits per heavy atom. The van der Waals surface area contributed by atoms with Gasteiger partial charge < -0.3 is 10.6 Å². The average Bonchev–Trinajstić information content (AvgIpc) is 3.08. The maximum Gasteiger partial charge on any atom is 0.311 e. The predicted molar refractivity (Wildman–Crippen MR) is 70.5 cm³/mol. The first kappa shape index (κ1) is 12.6. The highest BCUT2D eigenvalue weighted by Crippen LogP contribution is 2.36. The standard InChI is InChI=1S/C12H18N4O2/c1-8(2)7-15(9-3-4-9)12-10(16(17)18)5-6-11(13)14-12/h5-6,8-9H,3-4,7H2,1-2H3,(H2,13,14). The minimum atomic E-state index is -0.391. The smallest absolute Gasteiger partial charge is 0.311 e. The van der Waals surface area contributed by atoms with Crippen LogP contribution < -0.4 is 10.6 Å². The number of rotatable bonds is 5. The van der Waals surface area contributed by atoms with Gasteiger partial charge >= 0.3 is 5.69 Å². The molecular formula is C12H18N4O2. The van der Waals surface area contributed by atoms with Gasteiger partial charge in [0.25, 0.3) is 0 Å². The summed E-state index contributed by atoms with van der Waals surface area (Å²) in [5.74, 6) is 1.16. The average molecular weight is 250 g/mol. The zero-order chi connectivity index (χ0) is 13.3. The lowest BCUT2D eigenvalue weighted by Crippen LogP contribution is -2.31. The molecule has 0 saturated heterocycles. The summed E-state index contributed by atoms with van der Waals surface area (Å²) in [5, 5.41) is 11.1. The molecule has 6 heteroatoms. The van der Waals surface area contributed by atoms with Crippen molar-refractivity contribution in [1.29, 1.82) is 0 Å². The van der Waals surface area contributed by atoms with Crippen molar-refractivity contribution >= 4 is 17.3 Å². The van der Waals surface area contributed by atoms with E-state index in [1.54, 1.807) is 0 Å². The highest BCUT2D eigenvalue weighted by molar-refractivity contribution is 5.62. The summed E-state index contributed by atoms with van der Waals surface area (Å²) < 4.78 is 0. The molecule has 0 amide bonds. The van der Waals surface area contributed by atoms with Gasteiger partial charge in [-0.3, -0.25) is 10.1 Å². The Morgan fingerprint density at radius 2 is 2.22 bits per heavy atom. The fourth-order valence-electron chi connectivity index (χ4n) is 2.00. The zero-order valence-corrected chi connectivity index (χ0v) is 10.7. The van der Waals surface area contributed by atoms with E-state index < -0.39 is 4.92 Å². The van der Waals surface area contributed by atoms with Crippen molar-refractivity contribution < 1.29 is 4.92 Å². The van der Waals surface area contributed by atoms with Gasteiger partial charge in [-0.2, -0.15) is 0 Å². The maximum atomic E-state index is 11.1. The lowest BCUT2D eigenvalue weighted by molar-refractivity contribution is -0.384. The number of hydrogen-bond donors (Lipinski definition) is 1. The predicted octanol–water partition coefficient (Wildman–Crippen LogP) is 2.20. The fraction of sp³-hybridized carbons (Fsp3) is 0.583. The van der Waals surface area contributed by atoms with Crippen LogP contribution in [0.5, 0.6) is 0 Å². The van der Waals surface area contributed by atoms with Gasteiger partial charge in [-0.05, 0) is 24.8 Å². The molecule has 1 saturated carbocycles. The summed E-state index contributed by atoms with van der Waals surface area (Å²) in [4.78, 5) is 16.9. The second-order valence-corrected chi connectivity index (χ2v) is 5.11. The lowest BCUT2D eigenvalue weighted by Gasteiger charge is -2.25. The van der Waals surface area contributed by atoms with Gasteiger partial charge in [0.1, 0.15) is 5.82 Å². The van der Waals surface area contributed by atoms with E-state index in [1.807, 2.05) is 4.90 Å². The van der Waals surface area contributed by atoms with Crippen LogP contribution in [0.3, 0.4) is 0 Å². The van der Waals surface area contributed by atoms with Crippen LogP contribution in [0.2, 0.25) is 0 Å². The number of hydrogen-bond acceptors (Lipinski definition) is 5. The molecule has 2 rings (SSSR count). The third-order valence-corrected chi connectivity index (χ3v) is 2.89. The molecule has 0 unspecified atom stereocenters. The van der Waals surface area contributed by atoms with Gasteiger partial charge in [0.15, 0.2) is 0 Å². The third-order valence-electron chi connectivity index (χ3n) is 2.89. The number of nitro groups is 1. The topological polar surface area (TPSA) is 85.3 Å². The van der Waals surface area contributed by atoms with Crippen LogP contribution in [0.4, 0.5) is 17.3 Å². The number of nitrogens with two attached hydrogens (primary N) is 1. The van der Waals surface area contributed by atoms with Gasteiger partial charge in [0.2, 0.25) is 5.82 Å². The maximum absolute atomic E-state index is 11.1. The van der Waals surface area contributed by atoms with E-state index in [1.165, 1.54) is 12.1 Å². The van der Waals surface area contributed by atoms with E-state index in [4.69, 9.17) is 5.73 Å². The number of nitrogen functional groups attached to an aromatic ring is 1. The Balaban J connectivity index is 2.38. The number of aromatic nitrogens is 1. The number of pyridine rings is 1. The monoisotopic (exact) mass is 250 g/mol. The molecule has 0 aliphatic heterocycles. The molecule has 0 radical (unpaired) electrons. The molecule has 1 fully saturated rings. The van der Waals surface area contributed by atoms with Crippen LogP contribution in [0.1, 0.15) is 26.7 Å². The summed E-state index contributed by atoms with van der Waals surface area (Å²) in [6.45, 7) is 4.95. The molecule has 0 spiro atoms. The Morgan fingerprint density at radius 3 is 2.72 bits per heavy atom. The van der Waals surface area contributed by atoms with Gasteiger partial charge in [0.05, 0.1) is 4.92 Å². The molecule has 1 aromatic rings. The van der Waals surface area contributed by atoms with Gasteiger partial charge in [-0.15, -0.1) is 0 Å². The van der Waals surface area contributed by atoms with Crippen molar-refractivity contribution in [2.24, 2.45) is 5.92 Å². The van der Waals surface area contributed by atoms with Crippen molar-refractivity contribution in [2.75, 3.05) is 17.2 Å². The Bertz CT molecular complexity index is 457. The van der Waals surface area contributed by atoms with Crippen molar-refractivity contribution in [3.63, 3.8) is 0 Å². The molecule has 1 aromatic heterocycles. The van der Waals surface area contributed by atoms with Gasteiger partial charge in [-0.1, -0.05) is 13.8 Å². The second-order valence-electron chi connectivity index (χ2n) is 5.11. The van der Waals surface area contributed by atoms with Crippen LogP contribution >= 0.6 is 0 Å². The summed E-state index contributed by atoms with van der Waals surface area (Å²) in [6.07, 6.45) is 2.14. The van der Waals surface area contributed by atoms with E-state index in [0.717, 1.165) is 19.4 Å². The second kappa shape index (κ2) is 4.80. The highest BCUT2D eigenvalue weighted by Gasteiger charge is 2.34. The number of nitrogens with zero attached hydrogens (tertiary/aromatic N) is 3. The first-order valence-electron chi connectivity index (χ1n) is 6.16. The summed E-state index contributed by atoms with van der Waals surface area (Å²) in [6, 6.07) is 3.29. The first-order chi connectivity index (χ1) is 8.49. The van der Waals surface area contributed by atoms with Crippen molar-refractivity contribution in [3.05, 3.63) is 22.2 Å². The summed E-state index contributed by atoms with van der Waals surface area (Å²) in [5.41, 5.74) is 5.70. The molecule has 1 aliphatic carbocycles. The normalized spacial score (nSPS) is 14.8. The van der Waals surface area contributed by atoms with Crippen molar-refractivity contribution in [3.8, 4) is 0 Å². The Kier molecular flexibility index (Phi) is 3.36. The Labute approximate surface area is 106 Å². The van der Waals surface area contributed by atoms with E-state index in [-0.39, 0.29) is 5.69 Å². The molecule has 1 aliphatic rings. The fourth-order valence-corrected chi connectivity index (χ4v) is 2.00. The van der Waals surface area contributed by atoms with Crippen LogP contribution in [0.25, 0.3) is 0 Å². The van der Waals surface area contributed by atoms with Crippen LogP contribution in [-0.4, -0.2) is 22.5 Å². The Hall–Kier alpha value is -1.85. The minimum Gasteiger partial charge on any atom is -0.384 e. The SMILES string of the molecule is CC(C)CN(c1nc(N)ccc1[N+](=O)[O-])C1CC1. The number of anilines is 2. The summed E-state index contributed by atoms with van der Waals surface area (Å²) in [7, 11) is 0. The molecular weight excluding hydrogens is 232 g/mol. The van der Waals surface area contributed by atoms with Crippen LogP contribution in [0, 0.1) is 16.0 Å². The molecule has 18 heavy (non-hydrogen) atoms. The largest absolute Gasteiger partial charge is 0.384 e. The van der Waals surface area contributed by atoms with Crippen molar-refractivity contribution in [2.45, 2.75) is 32.7 Å². The van der Waals surface area contributed by atoms with Gasteiger partial charge in [-0.25, -0.2) is 4.98 Å². The first-order valence-corrected chi connectivity index (χ1v) is 6.16. The van der Waals surface area contributed by atoms with E-state index in [9.17, 15) is 10.1 Å². The van der Waals surface area contributed by atoms with E-state index in [2.05, 4.69) is 18.8 Å². The van der Waals surface area contributed by atoms with Crippen molar-refractivity contribution in [1.82, 2.24) is 4.98 Å². The van der Waals surface area contributed by atoms with E-state index in [0.29, 0.717) is 23.6 Å². The lowest BCUT2D eigenvalue weighted by atomic mass is 10.2. The quantitative estimate of drug-likeness (QED) is 0.639. The molecule has 2 N–H and O–H groups in total. The molecule has 98 valence electrons. The zero-order valence-electron chi connectivity index (χ0n) is 10.7. The van der Waals surface area contributed by atoms with Crippen LogP contribution in [0.15, 0.2) is 12.1 Å². The molecule has 0 bridgehead atoms. The van der Waals surface area contributed by atoms with Gasteiger partial charge in [0, 0.05) is 18.7 Å².